The molecule has 19 heavy (non-hydrogen) atoms. The predicted octanol–water partition coefficient (Wildman–Crippen LogP) is 1.08. The molecule has 0 saturated heterocycles. The molecule has 1 atom stereocenters. The highest BCUT2D eigenvalue weighted by Gasteiger charge is 2.19. The summed E-state index contributed by atoms with van der Waals surface area (Å²) in [5, 5.41) is 2.62. The molecule has 102 valence electrons. The van der Waals surface area contributed by atoms with E-state index in [1.54, 1.807) is 18.2 Å². The molecule has 0 aliphatic carbocycles. The van der Waals surface area contributed by atoms with E-state index in [1.807, 2.05) is 0 Å². The van der Waals surface area contributed by atoms with Gasteiger partial charge in [-0.15, -0.1) is 0 Å². The van der Waals surface area contributed by atoms with Crippen molar-refractivity contribution in [3.8, 4) is 11.5 Å². The van der Waals surface area contributed by atoms with Crippen molar-refractivity contribution in [1.82, 2.24) is 5.32 Å². The molecule has 1 amide bonds. The van der Waals surface area contributed by atoms with Gasteiger partial charge >= 0.3 is 5.97 Å². The highest BCUT2D eigenvalue weighted by atomic mass is 79.9. The first kappa shape index (κ1) is 13.7. The van der Waals surface area contributed by atoms with Gasteiger partial charge in [0.15, 0.2) is 11.5 Å². The third-order valence-corrected chi connectivity index (χ3v) is 3.23. The Morgan fingerprint density at radius 3 is 2.89 bits per heavy atom. The van der Waals surface area contributed by atoms with Gasteiger partial charge in [0.05, 0.1) is 7.11 Å². The van der Waals surface area contributed by atoms with E-state index in [0.717, 1.165) is 0 Å². The quantitative estimate of drug-likeness (QED) is 0.661. The maximum absolute atomic E-state index is 11.9. The number of rotatable bonds is 4. The number of nitrogens with one attached hydrogen (secondary N) is 1. The minimum absolute atomic E-state index is 0.139. The third kappa shape index (κ3) is 3.17. The van der Waals surface area contributed by atoms with Gasteiger partial charge in [-0.3, -0.25) is 9.59 Å². The second kappa shape index (κ2) is 5.92. The van der Waals surface area contributed by atoms with Crippen LogP contribution in [0.3, 0.4) is 0 Å². The van der Waals surface area contributed by atoms with Crippen molar-refractivity contribution in [2.24, 2.45) is 0 Å². The van der Waals surface area contributed by atoms with Crippen LogP contribution in [0.25, 0.3) is 0 Å². The molecule has 0 bridgehead atoms. The number of ether oxygens (including phenoxy) is 3. The molecule has 1 aliphatic heterocycles. The number of halogens is 1. The van der Waals surface area contributed by atoms with Gasteiger partial charge in [-0.2, -0.15) is 0 Å². The molecule has 2 rings (SSSR count). The van der Waals surface area contributed by atoms with Gasteiger partial charge in [-0.1, -0.05) is 15.9 Å². The minimum Gasteiger partial charge on any atom is -0.468 e. The summed E-state index contributed by atoms with van der Waals surface area (Å²) in [6, 6.07) is 4.90. The average molecular weight is 330 g/mol. The van der Waals surface area contributed by atoms with Gasteiger partial charge < -0.3 is 19.5 Å². The van der Waals surface area contributed by atoms with E-state index in [4.69, 9.17) is 9.47 Å². The van der Waals surface area contributed by atoms with Crippen LogP contribution in [-0.4, -0.2) is 37.2 Å². The molecule has 7 heteroatoms. The fraction of sp³-hybridized carbons (Fsp3) is 0.333. The van der Waals surface area contributed by atoms with Crippen molar-refractivity contribution in [2.75, 3.05) is 20.4 Å². The molecule has 1 aromatic carbocycles. The Morgan fingerprint density at radius 1 is 1.42 bits per heavy atom. The highest BCUT2D eigenvalue weighted by molar-refractivity contribution is 9.10. The highest BCUT2D eigenvalue weighted by Crippen LogP contribution is 2.32. The second-order valence-electron chi connectivity index (χ2n) is 3.77. The molecule has 6 nitrogen and oxygen atoms in total. The van der Waals surface area contributed by atoms with Gasteiger partial charge in [-0.25, -0.2) is 0 Å². The standard InChI is InChI=1S/C12H12BrNO5/c1-17-12(16)8(13)5-14-11(15)7-2-3-9-10(4-7)19-6-18-9/h2-4,8H,5-6H2,1H3,(H,14,15). The fourth-order valence-electron chi connectivity index (χ4n) is 1.53. The van der Waals surface area contributed by atoms with E-state index in [0.29, 0.717) is 17.1 Å². The lowest BCUT2D eigenvalue weighted by Gasteiger charge is -2.09. The van der Waals surface area contributed by atoms with Crippen LogP contribution in [0.2, 0.25) is 0 Å². The number of fused-ring (bicyclic) bond motifs is 1. The number of hydrogen-bond donors (Lipinski definition) is 1. The minimum atomic E-state index is -0.574. The Morgan fingerprint density at radius 2 is 2.16 bits per heavy atom. The van der Waals surface area contributed by atoms with Crippen LogP contribution >= 0.6 is 15.9 Å². The number of benzene rings is 1. The van der Waals surface area contributed by atoms with Gasteiger partial charge in [0.25, 0.3) is 5.91 Å². The van der Waals surface area contributed by atoms with Crippen LogP contribution in [0.15, 0.2) is 18.2 Å². The van der Waals surface area contributed by atoms with Crippen LogP contribution in [0, 0.1) is 0 Å². The van der Waals surface area contributed by atoms with Crippen LogP contribution < -0.4 is 14.8 Å². The van der Waals surface area contributed by atoms with Crippen molar-refractivity contribution < 1.29 is 23.8 Å². The lowest BCUT2D eigenvalue weighted by Crippen LogP contribution is -2.33. The largest absolute Gasteiger partial charge is 0.468 e. The fourth-order valence-corrected chi connectivity index (χ4v) is 1.88. The average Bonchev–Trinajstić information content (AvgIpc) is 2.90. The van der Waals surface area contributed by atoms with Crippen LogP contribution in [-0.2, 0) is 9.53 Å². The maximum Gasteiger partial charge on any atom is 0.321 e. The van der Waals surface area contributed by atoms with Crippen molar-refractivity contribution in [2.45, 2.75) is 4.83 Å². The third-order valence-electron chi connectivity index (χ3n) is 2.53. The number of methoxy groups -OCH3 is 1. The van der Waals surface area contributed by atoms with E-state index < -0.39 is 10.8 Å². The van der Waals surface area contributed by atoms with Crippen molar-refractivity contribution in [3.05, 3.63) is 23.8 Å². The van der Waals surface area contributed by atoms with E-state index in [1.165, 1.54) is 7.11 Å². The Balaban J connectivity index is 1.95. The number of carbonyl (C=O) groups is 2. The number of carbonyl (C=O) groups excluding carboxylic acids is 2. The van der Waals surface area contributed by atoms with Crippen molar-refractivity contribution in [1.29, 1.82) is 0 Å². The second-order valence-corrected chi connectivity index (χ2v) is 4.87. The van der Waals surface area contributed by atoms with Gasteiger partial charge in [0.1, 0.15) is 4.83 Å². The summed E-state index contributed by atoms with van der Waals surface area (Å²) in [5.41, 5.74) is 0.439. The van der Waals surface area contributed by atoms with Gasteiger partial charge in [-0.05, 0) is 18.2 Å². The Kier molecular flexibility index (Phi) is 4.26. The monoisotopic (exact) mass is 329 g/mol. The van der Waals surface area contributed by atoms with Crippen LogP contribution in [0.1, 0.15) is 10.4 Å². The molecule has 1 N–H and O–H groups in total. The number of hydrogen-bond acceptors (Lipinski definition) is 5. The lowest BCUT2D eigenvalue weighted by atomic mass is 10.2. The summed E-state index contributed by atoms with van der Waals surface area (Å²) < 4.78 is 14.9. The van der Waals surface area contributed by atoms with Crippen LogP contribution in [0.4, 0.5) is 0 Å². The molecule has 0 aromatic heterocycles. The molecule has 1 unspecified atom stereocenters. The van der Waals surface area contributed by atoms with Crippen LogP contribution in [0.5, 0.6) is 11.5 Å². The zero-order chi connectivity index (χ0) is 13.8. The summed E-state index contributed by atoms with van der Waals surface area (Å²) in [6.07, 6.45) is 0. The summed E-state index contributed by atoms with van der Waals surface area (Å²) in [7, 11) is 1.29. The SMILES string of the molecule is COC(=O)C(Br)CNC(=O)c1ccc2c(c1)OCO2. The van der Waals surface area contributed by atoms with E-state index >= 15 is 0 Å². The van der Waals surface area contributed by atoms with E-state index in [-0.39, 0.29) is 19.2 Å². The van der Waals surface area contributed by atoms with Gasteiger partial charge in [0.2, 0.25) is 6.79 Å². The Bertz CT molecular complexity index is 505. The molecule has 1 aliphatic rings. The number of alkyl halides is 1. The molecule has 1 heterocycles. The number of amides is 1. The summed E-state index contributed by atoms with van der Waals surface area (Å²) in [4.78, 5) is 22.5. The Hall–Kier alpha value is -1.76. The smallest absolute Gasteiger partial charge is 0.321 e. The first-order chi connectivity index (χ1) is 9.11. The van der Waals surface area contributed by atoms with Crippen molar-refractivity contribution >= 4 is 27.8 Å². The summed E-state index contributed by atoms with van der Waals surface area (Å²) in [6.45, 7) is 0.298. The van der Waals surface area contributed by atoms with Gasteiger partial charge in [0, 0.05) is 12.1 Å². The molecular weight excluding hydrogens is 318 g/mol. The van der Waals surface area contributed by atoms with E-state index in [9.17, 15) is 9.59 Å². The van der Waals surface area contributed by atoms with E-state index in [2.05, 4.69) is 26.0 Å². The molecule has 0 spiro atoms. The lowest BCUT2D eigenvalue weighted by molar-refractivity contribution is -0.139. The molecule has 0 fully saturated rings. The first-order valence-electron chi connectivity index (χ1n) is 5.51. The normalized spacial score (nSPS) is 13.8. The number of esters is 1. The molecule has 0 saturated carbocycles. The van der Waals surface area contributed by atoms with Crippen molar-refractivity contribution in [3.63, 3.8) is 0 Å². The zero-order valence-corrected chi connectivity index (χ0v) is 11.7. The summed E-state index contributed by atoms with van der Waals surface area (Å²) in [5.74, 6) is 0.415. The molecule has 0 radical (unpaired) electrons. The molecule has 1 aromatic rings. The zero-order valence-electron chi connectivity index (χ0n) is 10.1. The predicted molar refractivity (Wildman–Crippen MR) is 69.6 cm³/mol. The molecular formula is C12H12BrNO5. The maximum atomic E-state index is 11.9. The Labute approximate surface area is 118 Å². The topological polar surface area (TPSA) is 73.9 Å². The summed E-state index contributed by atoms with van der Waals surface area (Å²) >= 11 is 3.12. The first-order valence-corrected chi connectivity index (χ1v) is 6.43.